The molecule has 0 aliphatic carbocycles. The van der Waals surface area contributed by atoms with Crippen molar-refractivity contribution in [1.82, 2.24) is 9.78 Å². The molecular weight excluding hydrogens is 288 g/mol. The van der Waals surface area contributed by atoms with Crippen LogP contribution in [0.3, 0.4) is 0 Å². The highest BCUT2D eigenvalue weighted by Crippen LogP contribution is 2.20. The van der Waals surface area contributed by atoms with Crippen LogP contribution in [0.25, 0.3) is 22.5 Å². The summed E-state index contributed by atoms with van der Waals surface area (Å²) in [6.45, 7) is 5.90. The van der Waals surface area contributed by atoms with Crippen molar-refractivity contribution in [3.05, 3.63) is 78.5 Å². The van der Waals surface area contributed by atoms with Crippen molar-refractivity contribution >= 4 is 11.5 Å². The van der Waals surface area contributed by atoms with Crippen LogP contribution in [0.1, 0.15) is 22.8 Å². The monoisotopic (exact) mass is 304 g/mol. The van der Waals surface area contributed by atoms with Gasteiger partial charge in [-0.1, -0.05) is 36.4 Å². The maximum absolute atomic E-state index is 10.9. The quantitative estimate of drug-likeness (QED) is 0.783. The lowest BCUT2D eigenvalue weighted by atomic mass is 10.1. The third-order valence-electron chi connectivity index (χ3n) is 3.64. The van der Waals surface area contributed by atoms with Gasteiger partial charge in [0.15, 0.2) is 0 Å². The van der Waals surface area contributed by atoms with Gasteiger partial charge in [0.2, 0.25) is 0 Å². The number of benzene rings is 2. The highest BCUT2D eigenvalue weighted by Gasteiger charge is 2.06. The van der Waals surface area contributed by atoms with Gasteiger partial charge >= 0.3 is 5.97 Å². The van der Waals surface area contributed by atoms with Gasteiger partial charge in [-0.15, -0.1) is 0 Å². The standard InChI is InChI=1S/C19H16N2O2/c1-13(2)14-7-9-17(10-8-14)21-12-11-18(20-21)15-3-5-16(6-4-15)19(22)23/h3-12H,1H2,2H3,(H,22,23). The third kappa shape index (κ3) is 3.06. The lowest BCUT2D eigenvalue weighted by Crippen LogP contribution is -1.96. The first-order chi connectivity index (χ1) is 11.0. The summed E-state index contributed by atoms with van der Waals surface area (Å²) in [5.74, 6) is -0.931. The summed E-state index contributed by atoms with van der Waals surface area (Å²) < 4.78 is 1.79. The minimum absolute atomic E-state index is 0.267. The van der Waals surface area contributed by atoms with Gasteiger partial charge in [0.25, 0.3) is 0 Å². The first-order valence-corrected chi connectivity index (χ1v) is 7.20. The van der Waals surface area contributed by atoms with E-state index in [0.717, 1.165) is 28.1 Å². The third-order valence-corrected chi connectivity index (χ3v) is 3.64. The Morgan fingerprint density at radius 3 is 2.17 bits per heavy atom. The van der Waals surface area contributed by atoms with Crippen LogP contribution in [0.5, 0.6) is 0 Å². The van der Waals surface area contributed by atoms with E-state index in [4.69, 9.17) is 5.11 Å². The van der Waals surface area contributed by atoms with Crippen LogP contribution in [0.2, 0.25) is 0 Å². The minimum atomic E-state index is -0.931. The molecule has 3 rings (SSSR count). The first kappa shape index (κ1) is 14.8. The molecular formula is C19H16N2O2. The van der Waals surface area contributed by atoms with Gasteiger partial charge in [-0.05, 0) is 42.8 Å². The number of aromatic nitrogens is 2. The topological polar surface area (TPSA) is 55.1 Å². The van der Waals surface area contributed by atoms with E-state index in [2.05, 4.69) is 11.7 Å². The van der Waals surface area contributed by atoms with E-state index >= 15 is 0 Å². The number of allylic oxidation sites excluding steroid dienone is 1. The van der Waals surface area contributed by atoms with Gasteiger partial charge in [-0.2, -0.15) is 5.10 Å². The maximum Gasteiger partial charge on any atom is 0.335 e. The van der Waals surface area contributed by atoms with E-state index < -0.39 is 5.97 Å². The van der Waals surface area contributed by atoms with Crippen molar-refractivity contribution in [2.75, 3.05) is 0 Å². The van der Waals surface area contributed by atoms with E-state index in [1.54, 1.807) is 28.9 Å². The molecule has 0 saturated heterocycles. The zero-order valence-corrected chi connectivity index (χ0v) is 12.7. The molecule has 0 fully saturated rings. The molecule has 1 N–H and O–H groups in total. The second kappa shape index (κ2) is 5.93. The predicted molar refractivity (Wildman–Crippen MR) is 90.7 cm³/mol. The molecule has 4 heteroatoms. The number of hydrogen-bond donors (Lipinski definition) is 1. The van der Waals surface area contributed by atoms with E-state index in [-0.39, 0.29) is 5.56 Å². The van der Waals surface area contributed by atoms with Crippen LogP contribution in [0.4, 0.5) is 0 Å². The van der Waals surface area contributed by atoms with Crippen molar-refractivity contribution in [1.29, 1.82) is 0 Å². The number of carbonyl (C=O) groups is 1. The van der Waals surface area contributed by atoms with Gasteiger partial charge in [0, 0.05) is 11.8 Å². The number of carboxylic acids is 1. The van der Waals surface area contributed by atoms with Crippen LogP contribution in [-0.2, 0) is 0 Å². The predicted octanol–water partition coefficient (Wildman–Crippen LogP) is 4.27. The normalized spacial score (nSPS) is 10.5. The summed E-state index contributed by atoms with van der Waals surface area (Å²) in [5.41, 5.74) is 5.03. The molecule has 0 saturated carbocycles. The van der Waals surface area contributed by atoms with Crippen LogP contribution >= 0.6 is 0 Å². The fraction of sp³-hybridized carbons (Fsp3) is 0.0526. The molecule has 2 aromatic carbocycles. The molecule has 0 aliphatic heterocycles. The number of aromatic carboxylic acids is 1. The molecule has 0 radical (unpaired) electrons. The van der Waals surface area contributed by atoms with Gasteiger partial charge in [0.05, 0.1) is 16.9 Å². The highest BCUT2D eigenvalue weighted by molar-refractivity contribution is 5.88. The van der Waals surface area contributed by atoms with Gasteiger partial charge in [0.1, 0.15) is 0 Å². The Balaban J connectivity index is 1.87. The Labute approximate surface area is 134 Å². The van der Waals surface area contributed by atoms with Crippen molar-refractivity contribution in [3.63, 3.8) is 0 Å². The highest BCUT2D eigenvalue weighted by atomic mass is 16.4. The maximum atomic E-state index is 10.9. The molecule has 23 heavy (non-hydrogen) atoms. The summed E-state index contributed by atoms with van der Waals surface area (Å²) in [7, 11) is 0. The molecule has 0 bridgehead atoms. The van der Waals surface area contributed by atoms with Gasteiger partial charge in [-0.3, -0.25) is 0 Å². The molecule has 3 aromatic rings. The lowest BCUT2D eigenvalue weighted by molar-refractivity contribution is 0.0697. The number of rotatable bonds is 4. The lowest BCUT2D eigenvalue weighted by Gasteiger charge is -2.04. The zero-order valence-electron chi connectivity index (χ0n) is 12.7. The fourth-order valence-corrected chi connectivity index (χ4v) is 2.30. The molecule has 0 spiro atoms. The average Bonchev–Trinajstić information content (AvgIpc) is 3.05. The molecule has 0 unspecified atom stereocenters. The van der Waals surface area contributed by atoms with Crippen LogP contribution in [0.15, 0.2) is 67.4 Å². The molecule has 4 nitrogen and oxygen atoms in total. The van der Waals surface area contributed by atoms with Crippen molar-refractivity contribution in [2.24, 2.45) is 0 Å². The molecule has 1 aromatic heterocycles. The smallest absolute Gasteiger partial charge is 0.335 e. The van der Waals surface area contributed by atoms with Gasteiger partial charge < -0.3 is 5.11 Å². The Kier molecular flexibility index (Phi) is 3.81. The number of carboxylic acid groups (broad SMARTS) is 1. The van der Waals surface area contributed by atoms with E-state index in [1.807, 2.05) is 43.5 Å². The van der Waals surface area contributed by atoms with E-state index in [9.17, 15) is 4.79 Å². The fourth-order valence-electron chi connectivity index (χ4n) is 2.30. The summed E-state index contributed by atoms with van der Waals surface area (Å²) in [6, 6.07) is 16.6. The Morgan fingerprint density at radius 1 is 1.00 bits per heavy atom. The van der Waals surface area contributed by atoms with Crippen LogP contribution in [0, 0.1) is 0 Å². The Morgan fingerprint density at radius 2 is 1.61 bits per heavy atom. The van der Waals surface area contributed by atoms with E-state index in [0.29, 0.717) is 0 Å². The summed E-state index contributed by atoms with van der Waals surface area (Å²) in [5, 5.41) is 13.5. The number of nitrogens with zero attached hydrogens (tertiary/aromatic N) is 2. The molecule has 1 heterocycles. The van der Waals surface area contributed by atoms with Crippen molar-refractivity contribution in [2.45, 2.75) is 6.92 Å². The molecule has 0 atom stereocenters. The largest absolute Gasteiger partial charge is 0.478 e. The summed E-state index contributed by atoms with van der Waals surface area (Å²) in [4.78, 5) is 10.9. The van der Waals surface area contributed by atoms with Crippen LogP contribution < -0.4 is 0 Å². The van der Waals surface area contributed by atoms with Crippen molar-refractivity contribution in [3.8, 4) is 16.9 Å². The molecule has 114 valence electrons. The average molecular weight is 304 g/mol. The summed E-state index contributed by atoms with van der Waals surface area (Å²) >= 11 is 0. The van der Waals surface area contributed by atoms with Crippen molar-refractivity contribution < 1.29 is 9.90 Å². The minimum Gasteiger partial charge on any atom is -0.478 e. The van der Waals surface area contributed by atoms with E-state index in [1.165, 1.54) is 0 Å². The Hall–Kier alpha value is -3.14. The number of hydrogen-bond acceptors (Lipinski definition) is 2. The van der Waals surface area contributed by atoms with Crippen LogP contribution in [-0.4, -0.2) is 20.9 Å². The molecule has 0 aliphatic rings. The summed E-state index contributed by atoms with van der Waals surface area (Å²) in [6.07, 6.45) is 1.89. The second-order valence-corrected chi connectivity index (χ2v) is 5.36. The SMILES string of the molecule is C=C(C)c1ccc(-n2ccc(-c3ccc(C(=O)O)cc3)n2)cc1. The Bertz CT molecular complexity index is 787. The zero-order chi connectivity index (χ0) is 16.4. The first-order valence-electron chi connectivity index (χ1n) is 7.20. The van der Waals surface area contributed by atoms with Gasteiger partial charge in [-0.25, -0.2) is 9.48 Å². The second-order valence-electron chi connectivity index (χ2n) is 5.36. The molecule has 0 amide bonds.